The molecule has 0 amide bonds. The summed E-state index contributed by atoms with van der Waals surface area (Å²) in [6.45, 7) is 12.8. The second-order valence-electron chi connectivity index (χ2n) is 17.0. The van der Waals surface area contributed by atoms with Gasteiger partial charge in [0.1, 0.15) is 0 Å². The normalized spacial score (nSPS) is 21.0. The van der Waals surface area contributed by atoms with Crippen LogP contribution in [0.4, 0.5) is 28.4 Å². The van der Waals surface area contributed by atoms with Crippen LogP contribution in [-0.4, -0.2) is 20.3 Å². The van der Waals surface area contributed by atoms with Crippen molar-refractivity contribution >= 4 is 76.4 Å². The highest BCUT2D eigenvalue weighted by Gasteiger charge is 2.61. The lowest BCUT2D eigenvalue weighted by molar-refractivity contribution is 0.195. The maximum atomic E-state index is 7.33. The molecule has 52 heavy (non-hydrogen) atoms. The predicted molar refractivity (Wildman–Crippen MR) is 227 cm³/mol. The van der Waals surface area contributed by atoms with Gasteiger partial charge >= 0.3 is 0 Å². The fourth-order valence-corrected chi connectivity index (χ4v) is 11.7. The van der Waals surface area contributed by atoms with E-state index in [1.165, 1.54) is 87.1 Å². The van der Waals surface area contributed by atoms with Gasteiger partial charge in [0.25, 0.3) is 6.71 Å². The van der Waals surface area contributed by atoms with Gasteiger partial charge in [0.15, 0.2) is 0 Å². The van der Waals surface area contributed by atoms with Crippen molar-refractivity contribution in [3.63, 3.8) is 0 Å². The van der Waals surface area contributed by atoms with E-state index in [2.05, 4.69) is 171 Å². The van der Waals surface area contributed by atoms with Crippen molar-refractivity contribution in [3.8, 4) is 22.3 Å². The molecular formula is C47H44BClN2Si. The number of nitrogens with zero attached hydrogens (tertiary/aromatic N) is 2. The first kappa shape index (κ1) is 32.2. The third-order valence-corrected chi connectivity index (χ3v) is 15.4. The third kappa shape index (κ3) is 4.44. The Bertz CT molecular complexity index is 2420. The molecule has 1 saturated carbocycles. The first-order valence-electron chi connectivity index (χ1n) is 19.0. The van der Waals surface area contributed by atoms with Gasteiger partial charge in [0.05, 0.1) is 13.6 Å². The van der Waals surface area contributed by atoms with Gasteiger partial charge < -0.3 is 9.80 Å². The van der Waals surface area contributed by atoms with Crippen molar-refractivity contribution in [2.24, 2.45) is 0 Å². The van der Waals surface area contributed by atoms with Crippen molar-refractivity contribution in [2.45, 2.75) is 70.1 Å². The molecule has 0 bridgehead atoms. The number of anilines is 5. The summed E-state index contributed by atoms with van der Waals surface area (Å²) in [4.78, 5) is 5.30. The zero-order chi connectivity index (χ0) is 35.6. The molecule has 5 heteroatoms. The van der Waals surface area contributed by atoms with Crippen molar-refractivity contribution < 1.29 is 0 Å². The first-order chi connectivity index (χ1) is 25.1. The van der Waals surface area contributed by atoms with Crippen LogP contribution in [0.5, 0.6) is 0 Å². The summed E-state index contributed by atoms with van der Waals surface area (Å²) >= 11 is 7.33. The lowest BCUT2D eigenvalue weighted by Crippen LogP contribution is -2.65. The van der Waals surface area contributed by atoms with Crippen LogP contribution in [0.15, 0.2) is 127 Å². The lowest BCUT2D eigenvalue weighted by atomic mass is 9.33. The minimum atomic E-state index is -1.67. The molecule has 256 valence electrons. The van der Waals surface area contributed by atoms with Crippen molar-refractivity contribution in [1.29, 1.82) is 0 Å². The number of rotatable bonds is 4. The molecule has 6 aromatic carbocycles. The topological polar surface area (TPSA) is 6.48 Å². The second kappa shape index (κ2) is 11.2. The average molecular weight is 711 g/mol. The van der Waals surface area contributed by atoms with E-state index in [4.69, 9.17) is 11.6 Å². The Morgan fingerprint density at radius 2 is 1.27 bits per heavy atom. The first-order valence-corrected chi connectivity index (χ1v) is 22.9. The number of hydrogen-bond donors (Lipinski definition) is 0. The summed E-state index contributed by atoms with van der Waals surface area (Å²) in [6, 6.07) is 47.7. The lowest BCUT2D eigenvalue weighted by Gasteiger charge is -2.52. The van der Waals surface area contributed by atoms with Crippen LogP contribution in [0.3, 0.4) is 0 Å². The molecule has 2 nitrogen and oxygen atoms in total. The second-order valence-corrected chi connectivity index (χ2v) is 22.6. The van der Waals surface area contributed by atoms with Gasteiger partial charge in [-0.15, -0.1) is 0 Å². The molecular weight excluding hydrogens is 667 g/mol. The Labute approximate surface area is 315 Å². The highest BCUT2D eigenvalue weighted by molar-refractivity contribution is 7.01. The molecule has 3 heterocycles. The van der Waals surface area contributed by atoms with Gasteiger partial charge in [0.2, 0.25) is 0 Å². The summed E-state index contributed by atoms with van der Waals surface area (Å²) in [5.74, 6) is 0. The molecule has 4 aliphatic rings. The zero-order valence-electron chi connectivity index (χ0n) is 30.8. The Morgan fingerprint density at radius 1 is 0.615 bits per heavy atom. The molecule has 0 aromatic heterocycles. The largest absolute Gasteiger partial charge is 0.335 e. The van der Waals surface area contributed by atoms with E-state index < -0.39 is 8.07 Å². The minimum Gasteiger partial charge on any atom is -0.335 e. The molecule has 0 spiro atoms. The fraction of sp³-hybridized carbons (Fsp3) is 0.234. The van der Waals surface area contributed by atoms with Crippen LogP contribution in [0.1, 0.15) is 45.1 Å². The maximum Gasteiger partial charge on any atom is 0.252 e. The summed E-state index contributed by atoms with van der Waals surface area (Å²) in [7, 11) is -1.67. The average Bonchev–Trinajstić information content (AvgIpc) is 3.37. The smallest absolute Gasteiger partial charge is 0.252 e. The highest BCUT2D eigenvalue weighted by Crippen LogP contribution is 2.61. The van der Waals surface area contributed by atoms with E-state index in [0.717, 1.165) is 10.7 Å². The van der Waals surface area contributed by atoms with E-state index in [1.54, 1.807) is 10.8 Å². The van der Waals surface area contributed by atoms with Crippen LogP contribution in [0.25, 0.3) is 22.3 Å². The molecule has 6 aromatic rings. The number of hydrogen-bond acceptors (Lipinski definition) is 2. The van der Waals surface area contributed by atoms with Crippen LogP contribution < -0.4 is 31.4 Å². The van der Waals surface area contributed by atoms with E-state index in [9.17, 15) is 0 Å². The quantitative estimate of drug-likeness (QED) is 0.168. The van der Waals surface area contributed by atoms with Gasteiger partial charge in [-0.05, 0) is 94.3 Å². The summed E-state index contributed by atoms with van der Waals surface area (Å²) < 4.78 is 0. The number of fused-ring (bicyclic) bond motifs is 7. The van der Waals surface area contributed by atoms with Gasteiger partial charge in [-0.3, -0.25) is 0 Å². The highest BCUT2D eigenvalue weighted by atomic mass is 35.5. The minimum absolute atomic E-state index is 0.0423. The molecule has 1 aliphatic carbocycles. The van der Waals surface area contributed by atoms with Crippen LogP contribution in [0.2, 0.25) is 24.7 Å². The van der Waals surface area contributed by atoms with Gasteiger partial charge in [0, 0.05) is 38.9 Å². The summed E-state index contributed by atoms with van der Waals surface area (Å²) in [5.41, 5.74) is 17.0. The molecule has 0 N–H and O–H groups in total. The Kier molecular flexibility index (Phi) is 6.96. The molecule has 2 unspecified atom stereocenters. The summed E-state index contributed by atoms with van der Waals surface area (Å²) in [6.07, 6.45) is 4.91. The third-order valence-electron chi connectivity index (χ3n) is 13.2. The van der Waals surface area contributed by atoms with E-state index in [0.29, 0.717) is 0 Å². The molecule has 10 rings (SSSR count). The maximum absolute atomic E-state index is 7.33. The van der Waals surface area contributed by atoms with E-state index >= 15 is 0 Å². The van der Waals surface area contributed by atoms with Crippen LogP contribution in [-0.2, 0) is 5.41 Å². The van der Waals surface area contributed by atoms with Crippen molar-refractivity contribution in [1.82, 2.24) is 0 Å². The van der Waals surface area contributed by atoms with Gasteiger partial charge in [-0.2, -0.15) is 0 Å². The Balaban J connectivity index is 1.31. The van der Waals surface area contributed by atoms with Crippen LogP contribution in [0, 0.1) is 0 Å². The Hall–Kier alpha value is -4.51. The SMILES string of the molecule is CC12CCCCC1(C)N1c3cc(Cl)cc4c3B(c3ccc(-c5ccccc5)cc3N4c3cccc(-c4ccccc4)c3)c3cc([Si](C)(C)C)cc2c31. The monoisotopic (exact) mass is 710 g/mol. The summed E-state index contributed by atoms with van der Waals surface area (Å²) in [5, 5.41) is 2.35. The van der Waals surface area contributed by atoms with Gasteiger partial charge in [-0.1, -0.05) is 153 Å². The van der Waals surface area contributed by atoms with E-state index in [-0.39, 0.29) is 17.7 Å². The molecule has 0 radical (unpaired) electrons. The van der Waals surface area contributed by atoms with E-state index in [1.807, 2.05) is 0 Å². The predicted octanol–water partition coefficient (Wildman–Crippen LogP) is 10.6. The zero-order valence-corrected chi connectivity index (χ0v) is 32.6. The molecule has 3 aliphatic heterocycles. The standard InChI is InChI=1S/C47H44BClN2Si/c1-46-23-12-13-24-47(46,2)51-43-28-35(49)27-42-44(43)48(40-30-37(52(3,4)5)29-38(46)45(40)51)39-22-21-34(32-17-10-7-11-18-32)26-41(39)50(42)36-20-14-19-33(25-36)31-15-8-6-9-16-31/h6-11,14-22,25-30H,12-13,23-24H2,1-5H3. The molecule has 1 fully saturated rings. The van der Waals surface area contributed by atoms with Gasteiger partial charge in [-0.25, -0.2) is 0 Å². The Morgan fingerprint density at radius 3 is 1.98 bits per heavy atom. The van der Waals surface area contributed by atoms with Crippen molar-refractivity contribution in [2.75, 3.05) is 9.80 Å². The molecule has 0 saturated heterocycles. The number of benzene rings is 6. The number of halogens is 1. The van der Waals surface area contributed by atoms with Crippen molar-refractivity contribution in [3.05, 3.63) is 138 Å². The van der Waals surface area contributed by atoms with Crippen LogP contribution >= 0.6 is 11.6 Å². The molecule has 2 atom stereocenters. The fourth-order valence-electron chi connectivity index (χ4n) is 10.3.